The summed E-state index contributed by atoms with van der Waals surface area (Å²) in [7, 11) is 0. The minimum Gasteiger partial charge on any atom is -0.212 e. The van der Waals surface area contributed by atoms with Crippen LogP contribution in [-0.2, 0) is 11.3 Å². The predicted molar refractivity (Wildman–Crippen MR) is 32.3 cm³/mol. The summed E-state index contributed by atoms with van der Waals surface area (Å²) in [4.78, 5) is 0. The lowest BCUT2D eigenvalue weighted by Crippen LogP contribution is -1.61. The van der Waals surface area contributed by atoms with Crippen LogP contribution in [0.5, 0.6) is 0 Å². The molecule has 0 aromatic carbocycles. The van der Waals surface area contributed by atoms with E-state index >= 15 is 0 Å². The van der Waals surface area contributed by atoms with E-state index in [0.717, 1.165) is 5.75 Å². The van der Waals surface area contributed by atoms with E-state index < -0.39 is 0 Å². The van der Waals surface area contributed by atoms with E-state index in [1.165, 1.54) is 11.8 Å². The third-order valence-electron chi connectivity index (χ3n) is 0.274. The fraction of sp³-hybridized carbons (Fsp3) is 0.667. The van der Waals surface area contributed by atoms with Crippen LogP contribution in [0.15, 0.2) is 0 Å². The van der Waals surface area contributed by atoms with Crippen molar-refractivity contribution in [1.82, 2.24) is 0 Å². The SMILES string of the molecule is CCSC=S=O. The Morgan fingerprint density at radius 1 is 1.83 bits per heavy atom. The summed E-state index contributed by atoms with van der Waals surface area (Å²) in [5.41, 5.74) is 0. The van der Waals surface area contributed by atoms with Gasteiger partial charge in [-0.25, -0.2) is 4.21 Å². The lowest BCUT2D eigenvalue weighted by atomic mass is 11.0. The standard InChI is InChI=1S/C3H6OS2/c1-2-5-3-6-4/h3H,2H2,1H3. The summed E-state index contributed by atoms with van der Waals surface area (Å²) in [6.45, 7) is 2.01. The summed E-state index contributed by atoms with van der Waals surface area (Å²) < 4.78 is 11.1. The van der Waals surface area contributed by atoms with E-state index in [1.54, 1.807) is 4.70 Å². The monoisotopic (exact) mass is 122 g/mol. The molecule has 0 heterocycles. The maximum atomic E-state index is 9.53. The summed E-state index contributed by atoms with van der Waals surface area (Å²) in [5, 5.41) is 0. The molecule has 0 fully saturated rings. The molecule has 0 aromatic rings. The van der Waals surface area contributed by atoms with Crippen LogP contribution in [0.25, 0.3) is 0 Å². The van der Waals surface area contributed by atoms with Crippen LogP contribution in [0.4, 0.5) is 0 Å². The third kappa shape index (κ3) is 4.24. The van der Waals surface area contributed by atoms with Gasteiger partial charge >= 0.3 is 0 Å². The molecule has 0 rings (SSSR count). The van der Waals surface area contributed by atoms with Gasteiger partial charge in [0.05, 0.1) is 16.0 Å². The van der Waals surface area contributed by atoms with Crippen molar-refractivity contribution in [2.75, 3.05) is 5.75 Å². The average molecular weight is 122 g/mol. The van der Waals surface area contributed by atoms with Gasteiger partial charge in [0, 0.05) is 0 Å². The molecule has 0 radical (unpaired) electrons. The van der Waals surface area contributed by atoms with Crippen LogP contribution in [0.3, 0.4) is 0 Å². The molecular weight excluding hydrogens is 116 g/mol. The van der Waals surface area contributed by atoms with Crippen LogP contribution >= 0.6 is 11.8 Å². The first-order valence-corrected chi connectivity index (χ1v) is 3.49. The van der Waals surface area contributed by atoms with Crippen molar-refractivity contribution in [1.29, 1.82) is 0 Å². The first-order chi connectivity index (χ1) is 2.91. The van der Waals surface area contributed by atoms with Crippen molar-refractivity contribution in [3.8, 4) is 0 Å². The maximum absolute atomic E-state index is 9.53. The van der Waals surface area contributed by atoms with Crippen LogP contribution in [0.2, 0.25) is 0 Å². The smallest absolute Gasteiger partial charge is 0.0954 e. The van der Waals surface area contributed by atoms with Gasteiger partial charge in [-0.3, -0.25) is 0 Å². The summed E-state index contributed by atoms with van der Waals surface area (Å²) in [5.74, 6) is 0.995. The van der Waals surface area contributed by atoms with E-state index in [4.69, 9.17) is 0 Å². The van der Waals surface area contributed by atoms with E-state index in [0.29, 0.717) is 11.3 Å². The van der Waals surface area contributed by atoms with Gasteiger partial charge in [-0.1, -0.05) is 6.92 Å². The fourth-order valence-corrected chi connectivity index (χ4v) is 0.862. The Morgan fingerprint density at radius 2 is 2.50 bits per heavy atom. The zero-order valence-electron chi connectivity index (χ0n) is 3.51. The van der Waals surface area contributed by atoms with E-state index in [1.807, 2.05) is 6.92 Å². The summed E-state index contributed by atoms with van der Waals surface area (Å²) in [6, 6.07) is 0. The molecule has 3 heteroatoms. The Balaban J connectivity index is 2.86. The van der Waals surface area contributed by atoms with Crippen molar-refractivity contribution in [3.05, 3.63) is 0 Å². The second kappa shape index (κ2) is 5.24. The van der Waals surface area contributed by atoms with E-state index in [2.05, 4.69) is 0 Å². The third-order valence-corrected chi connectivity index (χ3v) is 1.47. The molecule has 0 aromatic heterocycles. The average Bonchev–Trinajstić information content (AvgIpc) is 1.61. The molecule has 0 saturated heterocycles. The van der Waals surface area contributed by atoms with Gasteiger partial charge in [0.25, 0.3) is 0 Å². The molecule has 0 spiro atoms. The zero-order chi connectivity index (χ0) is 4.83. The lowest BCUT2D eigenvalue weighted by molar-refractivity contribution is 0.701. The van der Waals surface area contributed by atoms with Crippen molar-refractivity contribution >= 4 is 27.7 Å². The molecule has 36 valence electrons. The number of thioether (sulfide) groups is 1. The fourth-order valence-electron chi connectivity index (χ4n) is 0.0958. The van der Waals surface area contributed by atoms with Gasteiger partial charge in [0.2, 0.25) is 0 Å². The van der Waals surface area contributed by atoms with Crippen LogP contribution in [0, 0.1) is 0 Å². The van der Waals surface area contributed by atoms with Crippen molar-refractivity contribution in [2.24, 2.45) is 0 Å². The van der Waals surface area contributed by atoms with Gasteiger partial charge in [-0.15, -0.1) is 11.8 Å². The Hall–Kier alpha value is 0.240. The number of hydrogen-bond donors (Lipinski definition) is 0. The molecule has 1 nitrogen and oxygen atoms in total. The maximum Gasteiger partial charge on any atom is 0.0954 e. The highest BCUT2D eigenvalue weighted by Gasteiger charge is 1.65. The Bertz CT molecular complexity index is 65.2. The van der Waals surface area contributed by atoms with Gasteiger partial charge in [0.1, 0.15) is 0 Å². The first kappa shape index (κ1) is 6.24. The molecule has 0 bridgehead atoms. The minimum atomic E-state index is 0.514. The second-order valence-electron chi connectivity index (χ2n) is 0.648. The first-order valence-electron chi connectivity index (χ1n) is 1.63. The minimum absolute atomic E-state index is 0.514. The molecule has 6 heavy (non-hydrogen) atoms. The van der Waals surface area contributed by atoms with Crippen molar-refractivity contribution in [3.63, 3.8) is 0 Å². The predicted octanol–water partition coefficient (Wildman–Crippen LogP) is 0.712. The molecular formula is C3H6OS2. The molecule has 0 aliphatic heterocycles. The van der Waals surface area contributed by atoms with Gasteiger partial charge in [-0.2, -0.15) is 0 Å². The van der Waals surface area contributed by atoms with Crippen molar-refractivity contribution < 1.29 is 4.21 Å². The topological polar surface area (TPSA) is 17.1 Å². The van der Waals surface area contributed by atoms with Gasteiger partial charge in [-0.05, 0) is 5.75 Å². The van der Waals surface area contributed by atoms with E-state index in [-0.39, 0.29) is 0 Å². The quantitative estimate of drug-likeness (QED) is 0.502. The molecule has 0 unspecified atom stereocenters. The van der Waals surface area contributed by atoms with Crippen molar-refractivity contribution in [2.45, 2.75) is 6.92 Å². The van der Waals surface area contributed by atoms with E-state index in [9.17, 15) is 4.21 Å². The van der Waals surface area contributed by atoms with Gasteiger partial charge < -0.3 is 0 Å². The summed E-state index contributed by atoms with van der Waals surface area (Å²) in [6.07, 6.45) is 0. The van der Waals surface area contributed by atoms with Gasteiger partial charge in [0.15, 0.2) is 0 Å². The largest absolute Gasteiger partial charge is 0.212 e. The Morgan fingerprint density at radius 3 is 2.67 bits per heavy atom. The number of rotatable bonds is 2. The van der Waals surface area contributed by atoms with Crippen LogP contribution in [0.1, 0.15) is 6.92 Å². The Kier molecular flexibility index (Phi) is 5.45. The summed E-state index contributed by atoms with van der Waals surface area (Å²) >= 11 is 2.05. The molecule has 0 amide bonds. The Labute approximate surface area is 45.2 Å². The molecule has 0 saturated carbocycles. The van der Waals surface area contributed by atoms with Crippen LogP contribution < -0.4 is 0 Å². The van der Waals surface area contributed by atoms with Crippen LogP contribution in [-0.4, -0.2) is 14.7 Å². The normalized spacial score (nSPS) is 7.50. The zero-order valence-corrected chi connectivity index (χ0v) is 5.14. The molecule has 0 N–H and O–H groups in total. The highest BCUT2D eigenvalue weighted by molar-refractivity contribution is 8.18. The molecule has 0 aliphatic carbocycles. The highest BCUT2D eigenvalue weighted by Crippen LogP contribution is 1.87. The lowest BCUT2D eigenvalue weighted by Gasteiger charge is -1.72. The highest BCUT2D eigenvalue weighted by atomic mass is 32.2. The molecule has 0 atom stereocenters. The molecule has 0 aliphatic rings. The number of hydrogen-bond acceptors (Lipinski definition) is 2. The second-order valence-corrected chi connectivity index (χ2v) is 2.52.